The van der Waals surface area contributed by atoms with Gasteiger partial charge < -0.3 is 19.9 Å². The van der Waals surface area contributed by atoms with Crippen LogP contribution in [0.1, 0.15) is 81.1 Å². The van der Waals surface area contributed by atoms with Gasteiger partial charge in [-0.2, -0.15) is 5.26 Å². The number of H-pyrrole nitrogens is 1. The number of hydrogen-bond donors (Lipinski definition) is 2. The fourth-order valence-corrected chi connectivity index (χ4v) is 6.99. The maximum absolute atomic E-state index is 13.9. The molecule has 1 spiro atoms. The highest BCUT2D eigenvalue weighted by atomic mass is 35.5. The molecule has 1 aliphatic heterocycles. The molecule has 3 unspecified atom stereocenters. The first-order chi connectivity index (χ1) is 18.3. The Morgan fingerprint density at radius 3 is 2.76 bits per heavy atom. The van der Waals surface area contributed by atoms with Crippen molar-refractivity contribution < 1.29 is 19.1 Å². The molecule has 3 fully saturated rings. The average Bonchev–Trinajstić information content (AvgIpc) is 3.53. The van der Waals surface area contributed by atoms with Gasteiger partial charge in [0.05, 0.1) is 23.7 Å². The third kappa shape index (κ3) is 5.13. The maximum atomic E-state index is 13.9. The molecular weight excluding hydrogens is 504 g/mol. The summed E-state index contributed by atoms with van der Waals surface area (Å²) in [7, 11) is 1.57. The summed E-state index contributed by atoms with van der Waals surface area (Å²) in [5.74, 6) is 0.0109. The van der Waals surface area contributed by atoms with Crippen molar-refractivity contribution in [3.63, 3.8) is 0 Å². The number of carbonyl (C=O) groups excluding carboxylic acids is 3. The van der Waals surface area contributed by atoms with E-state index in [9.17, 15) is 19.6 Å². The quantitative estimate of drug-likeness (QED) is 0.527. The molecule has 2 aromatic rings. The molecule has 2 N–H and O–H groups in total. The van der Waals surface area contributed by atoms with Crippen molar-refractivity contribution in [1.82, 2.24) is 15.2 Å². The zero-order chi connectivity index (χ0) is 26.9. The van der Waals surface area contributed by atoms with Gasteiger partial charge in [0.25, 0.3) is 5.91 Å². The molecule has 1 aromatic heterocycles. The van der Waals surface area contributed by atoms with Gasteiger partial charge in [-0.25, -0.2) is 0 Å². The van der Waals surface area contributed by atoms with Gasteiger partial charge in [-0.1, -0.05) is 37.3 Å². The molecule has 0 radical (unpaired) electrons. The van der Waals surface area contributed by atoms with Crippen molar-refractivity contribution in [2.45, 2.75) is 82.7 Å². The van der Waals surface area contributed by atoms with E-state index in [0.717, 1.165) is 44.9 Å². The van der Waals surface area contributed by atoms with Gasteiger partial charge in [0.1, 0.15) is 29.3 Å². The zero-order valence-electron chi connectivity index (χ0n) is 21.9. The molecule has 2 saturated carbocycles. The van der Waals surface area contributed by atoms with Crippen LogP contribution < -0.4 is 10.1 Å². The summed E-state index contributed by atoms with van der Waals surface area (Å²) in [4.78, 5) is 44.7. The van der Waals surface area contributed by atoms with Gasteiger partial charge in [0.15, 0.2) is 0 Å². The fourth-order valence-electron chi connectivity index (χ4n) is 6.78. The highest BCUT2D eigenvalue weighted by Crippen LogP contribution is 2.47. The first-order valence-electron chi connectivity index (χ1n) is 13.7. The van der Waals surface area contributed by atoms with E-state index in [1.807, 2.05) is 0 Å². The number of rotatable bonds is 6. The van der Waals surface area contributed by atoms with Crippen molar-refractivity contribution in [3.05, 3.63) is 28.9 Å². The normalized spacial score (nSPS) is 23.8. The van der Waals surface area contributed by atoms with Crippen molar-refractivity contribution in [1.29, 1.82) is 5.26 Å². The molecule has 9 heteroatoms. The number of benzene rings is 1. The standard InChI is InChI=1S/C29H35ClN4O4/c1-38-25-10-9-21(30)26-20(25)14-22(33-26)28(37)34-17-29(11-5-2-6-12-29)15-23(34)27(36)32-19(16-31)13-18-7-3-4-8-24(18)35/h9-10,14,18-19,23,33H,2-8,11-13,15,17H2,1H3,(H,32,36). The zero-order valence-corrected chi connectivity index (χ0v) is 22.6. The van der Waals surface area contributed by atoms with Crippen LogP contribution in [0.4, 0.5) is 0 Å². The minimum atomic E-state index is -0.759. The van der Waals surface area contributed by atoms with E-state index in [1.165, 1.54) is 6.42 Å². The Labute approximate surface area is 228 Å². The van der Waals surface area contributed by atoms with E-state index < -0.39 is 12.1 Å². The molecule has 1 saturated heterocycles. The predicted octanol–water partition coefficient (Wildman–Crippen LogP) is 5.15. The van der Waals surface area contributed by atoms with Crippen molar-refractivity contribution in [3.8, 4) is 11.8 Å². The first-order valence-corrected chi connectivity index (χ1v) is 14.1. The van der Waals surface area contributed by atoms with E-state index in [1.54, 1.807) is 30.2 Å². The number of nitrogens with one attached hydrogen (secondary N) is 2. The van der Waals surface area contributed by atoms with Gasteiger partial charge in [-0.3, -0.25) is 14.4 Å². The summed E-state index contributed by atoms with van der Waals surface area (Å²) in [6.07, 6.45) is 9.36. The number of nitrogens with zero attached hydrogens (tertiary/aromatic N) is 2. The number of methoxy groups -OCH3 is 1. The summed E-state index contributed by atoms with van der Waals surface area (Å²) >= 11 is 6.39. The first kappa shape index (κ1) is 26.6. The van der Waals surface area contributed by atoms with Crippen molar-refractivity contribution >= 4 is 40.1 Å². The number of nitriles is 1. The van der Waals surface area contributed by atoms with Crippen LogP contribution in [0.2, 0.25) is 5.02 Å². The Morgan fingerprint density at radius 1 is 1.26 bits per heavy atom. The summed E-state index contributed by atoms with van der Waals surface area (Å²) in [5, 5.41) is 13.9. The van der Waals surface area contributed by atoms with Crippen molar-refractivity contribution in [2.24, 2.45) is 11.3 Å². The van der Waals surface area contributed by atoms with Crippen LogP contribution in [0.5, 0.6) is 5.75 Å². The second-order valence-corrected chi connectivity index (χ2v) is 11.7. The van der Waals surface area contributed by atoms with E-state index in [4.69, 9.17) is 16.3 Å². The summed E-state index contributed by atoms with van der Waals surface area (Å²) in [6, 6.07) is 5.96. The van der Waals surface area contributed by atoms with Crippen LogP contribution >= 0.6 is 11.6 Å². The topological polar surface area (TPSA) is 115 Å². The molecular formula is C29H35ClN4O4. The Morgan fingerprint density at radius 2 is 2.05 bits per heavy atom. The number of ether oxygens (including phenoxy) is 1. The van der Waals surface area contributed by atoms with Gasteiger partial charge in [0, 0.05) is 24.3 Å². The number of amides is 2. The number of aromatic nitrogens is 1. The van der Waals surface area contributed by atoms with Crippen molar-refractivity contribution in [2.75, 3.05) is 13.7 Å². The Kier molecular flexibility index (Phi) is 7.67. The van der Waals surface area contributed by atoms with E-state index in [-0.39, 0.29) is 28.9 Å². The maximum Gasteiger partial charge on any atom is 0.271 e. The third-order valence-electron chi connectivity index (χ3n) is 8.81. The molecule has 5 rings (SSSR count). The van der Waals surface area contributed by atoms with Gasteiger partial charge in [-0.15, -0.1) is 0 Å². The second kappa shape index (κ2) is 11.0. The van der Waals surface area contributed by atoms with Crippen LogP contribution in [0.25, 0.3) is 10.9 Å². The molecule has 202 valence electrons. The molecule has 3 aliphatic rings. The lowest BCUT2D eigenvalue weighted by atomic mass is 9.72. The van der Waals surface area contributed by atoms with Gasteiger partial charge >= 0.3 is 0 Å². The number of halogens is 1. The highest BCUT2D eigenvalue weighted by molar-refractivity contribution is 6.35. The molecule has 2 amide bonds. The molecule has 2 heterocycles. The molecule has 38 heavy (non-hydrogen) atoms. The van der Waals surface area contributed by atoms with Crippen LogP contribution in [0.3, 0.4) is 0 Å². The summed E-state index contributed by atoms with van der Waals surface area (Å²) in [5.41, 5.74) is 0.865. The number of ketones is 1. The van der Waals surface area contributed by atoms with E-state index in [2.05, 4.69) is 16.4 Å². The van der Waals surface area contributed by atoms with Gasteiger partial charge in [-0.05, 0) is 62.1 Å². The Hall–Kier alpha value is -3.05. The molecule has 8 nitrogen and oxygen atoms in total. The molecule has 0 bridgehead atoms. The van der Waals surface area contributed by atoms with Crippen LogP contribution in [0.15, 0.2) is 18.2 Å². The van der Waals surface area contributed by atoms with E-state index >= 15 is 0 Å². The lowest BCUT2D eigenvalue weighted by Gasteiger charge is -2.32. The van der Waals surface area contributed by atoms with Crippen LogP contribution in [0, 0.1) is 22.7 Å². The monoisotopic (exact) mass is 538 g/mol. The molecule has 1 aromatic carbocycles. The number of fused-ring (bicyclic) bond motifs is 1. The summed E-state index contributed by atoms with van der Waals surface area (Å²) in [6.45, 7) is 0.502. The average molecular weight is 539 g/mol. The minimum Gasteiger partial charge on any atom is -0.496 e. The second-order valence-electron chi connectivity index (χ2n) is 11.3. The smallest absolute Gasteiger partial charge is 0.271 e. The van der Waals surface area contributed by atoms with Crippen LogP contribution in [-0.4, -0.2) is 53.2 Å². The predicted molar refractivity (Wildman–Crippen MR) is 144 cm³/mol. The largest absolute Gasteiger partial charge is 0.496 e. The number of hydrogen-bond acceptors (Lipinski definition) is 5. The number of aromatic amines is 1. The number of carbonyl (C=O) groups is 3. The minimum absolute atomic E-state index is 0.0985. The van der Waals surface area contributed by atoms with E-state index in [0.29, 0.717) is 53.2 Å². The summed E-state index contributed by atoms with van der Waals surface area (Å²) < 4.78 is 5.45. The fraction of sp³-hybridized carbons (Fsp3) is 0.586. The molecule has 3 atom stereocenters. The lowest BCUT2D eigenvalue weighted by molar-refractivity contribution is -0.127. The molecule has 2 aliphatic carbocycles. The Balaban J connectivity index is 1.39. The van der Waals surface area contributed by atoms with Crippen LogP contribution in [-0.2, 0) is 9.59 Å². The number of Topliss-reactive ketones (excluding diaryl/α,β-unsaturated/α-hetero) is 1. The Bertz CT molecular complexity index is 1280. The van der Waals surface area contributed by atoms with Gasteiger partial charge in [0.2, 0.25) is 5.91 Å². The number of likely N-dealkylation sites (tertiary alicyclic amines) is 1. The highest BCUT2D eigenvalue weighted by Gasteiger charge is 2.49. The SMILES string of the molecule is COc1ccc(Cl)c2[nH]c(C(=O)N3CC4(CCCCC4)CC3C(=O)NC(C#N)CC3CCCCC3=O)cc12. The third-order valence-corrected chi connectivity index (χ3v) is 9.13. The lowest BCUT2D eigenvalue weighted by Crippen LogP contribution is -2.49.